The highest BCUT2D eigenvalue weighted by molar-refractivity contribution is 9.10. The van der Waals surface area contributed by atoms with Gasteiger partial charge in [-0.2, -0.15) is 0 Å². The van der Waals surface area contributed by atoms with E-state index in [9.17, 15) is 9.90 Å². The predicted octanol–water partition coefficient (Wildman–Crippen LogP) is 5.37. The van der Waals surface area contributed by atoms with Gasteiger partial charge >= 0.3 is 5.63 Å². The molecule has 0 aliphatic rings. The minimum Gasteiger partial charge on any atom is -0.507 e. The third kappa shape index (κ3) is 4.42. The van der Waals surface area contributed by atoms with E-state index in [0.717, 1.165) is 8.95 Å². The first-order valence-electron chi connectivity index (χ1n) is 7.63. The number of benzene rings is 2. The van der Waals surface area contributed by atoms with Crippen molar-refractivity contribution in [3.63, 3.8) is 0 Å². The lowest BCUT2D eigenvalue weighted by Gasteiger charge is -2.11. The number of nitrogens with zero attached hydrogens (tertiary/aromatic N) is 1. The average molecular weight is 478 g/mol. The summed E-state index contributed by atoms with van der Waals surface area (Å²) in [5.74, 6) is 0.322. The Morgan fingerprint density at radius 3 is 2.19 bits per heavy atom. The second kappa shape index (κ2) is 7.88. The molecule has 0 atom stereocenters. The molecule has 1 aromatic heterocycles. The summed E-state index contributed by atoms with van der Waals surface area (Å²) in [5.41, 5.74) is 0.639. The Balaban J connectivity index is 2.11. The second-order valence-corrected chi connectivity index (χ2v) is 7.30. The number of amidine groups is 1. The standard InChI is InChI=1S/C19H14Br2N2O3/c1-11-10-16(24)17(19(25)26-11)18(22-14-6-2-12(20)3-7-14)23-15-8-4-13(21)5-9-15/h2-10,24H,1H3,(H,22,23). The molecule has 5 nitrogen and oxygen atoms in total. The van der Waals surface area contributed by atoms with E-state index in [1.165, 1.54) is 6.07 Å². The molecule has 0 saturated heterocycles. The van der Waals surface area contributed by atoms with Crippen LogP contribution < -0.4 is 10.9 Å². The Bertz CT molecular complexity index is 1010. The maximum absolute atomic E-state index is 12.3. The van der Waals surface area contributed by atoms with Crippen molar-refractivity contribution >= 4 is 49.1 Å². The molecule has 2 aromatic carbocycles. The average Bonchev–Trinajstić information content (AvgIpc) is 2.58. The molecular formula is C19H14Br2N2O3. The number of hydrogen-bond donors (Lipinski definition) is 2. The predicted molar refractivity (Wildman–Crippen MR) is 109 cm³/mol. The Morgan fingerprint density at radius 1 is 1.04 bits per heavy atom. The van der Waals surface area contributed by atoms with Crippen molar-refractivity contribution in [3.05, 3.63) is 85.3 Å². The van der Waals surface area contributed by atoms with Crippen LogP contribution in [0.4, 0.5) is 11.4 Å². The van der Waals surface area contributed by atoms with Crippen LogP contribution in [-0.4, -0.2) is 10.9 Å². The van der Waals surface area contributed by atoms with Gasteiger partial charge in [-0.3, -0.25) is 0 Å². The summed E-state index contributed by atoms with van der Waals surface area (Å²) in [5, 5.41) is 13.4. The van der Waals surface area contributed by atoms with Crippen LogP contribution in [0.15, 0.2) is 77.7 Å². The summed E-state index contributed by atoms with van der Waals surface area (Å²) in [6.45, 7) is 1.60. The van der Waals surface area contributed by atoms with Crippen molar-refractivity contribution in [1.29, 1.82) is 0 Å². The van der Waals surface area contributed by atoms with E-state index in [1.54, 1.807) is 19.1 Å². The van der Waals surface area contributed by atoms with E-state index in [4.69, 9.17) is 4.42 Å². The molecule has 2 N–H and O–H groups in total. The van der Waals surface area contributed by atoms with Crippen LogP contribution in [0.2, 0.25) is 0 Å². The lowest BCUT2D eigenvalue weighted by molar-refractivity contribution is 0.432. The van der Waals surface area contributed by atoms with Gasteiger partial charge in [0.1, 0.15) is 22.9 Å². The number of halogens is 2. The van der Waals surface area contributed by atoms with Crippen molar-refractivity contribution in [1.82, 2.24) is 0 Å². The van der Waals surface area contributed by atoms with Crippen LogP contribution in [0.5, 0.6) is 5.75 Å². The molecule has 0 aliphatic heterocycles. The lowest BCUT2D eigenvalue weighted by atomic mass is 10.2. The molecule has 0 amide bonds. The summed E-state index contributed by atoms with van der Waals surface area (Å²) < 4.78 is 6.97. The Morgan fingerprint density at radius 2 is 1.62 bits per heavy atom. The molecule has 7 heteroatoms. The number of rotatable bonds is 3. The number of aliphatic imine (C=N–C) groups is 1. The fraction of sp³-hybridized carbons (Fsp3) is 0.0526. The molecule has 132 valence electrons. The zero-order valence-electron chi connectivity index (χ0n) is 13.7. The summed E-state index contributed by atoms with van der Waals surface area (Å²) in [4.78, 5) is 16.8. The van der Waals surface area contributed by atoms with Crippen molar-refractivity contribution in [2.45, 2.75) is 6.92 Å². The molecule has 3 rings (SSSR count). The number of nitrogens with one attached hydrogen (secondary N) is 1. The SMILES string of the molecule is Cc1cc(O)c(C(=Nc2ccc(Br)cc2)Nc2ccc(Br)cc2)c(=O)o1. The Kier molecular flexibility index (Phi) is 5.58. The van der Waals surface area contributed by atoms with Crippen LogP contribution in [0.3, 0.4) is 0 Å². The maximum atomic E-state index is 12.3. The van der Waals surface area contributed by atoms with Crippen LogP contribution in [0.25, 0.3) is 0 Å². The molecule has 0 unspecified atom stereocenters. The van der Waals surface area contributed by atoms with Gasteiger partial charge in [0.05, 0.1) is 5.69 Å². The minimum atomic E-state index is -0.664. The second-order valence-electron chi connectivity index (χ2n) is 5.47. The van der Waals surface area contributed by atoms with Crippen molar-refractivity contribution in [2.75, 3.05) is 5.32 Å². The largest absolute Gasteiger partial charge is 0.507 e. The fourth-order valence-electron chi connectivity index (χ4n) is 2.27. The summed E-state index contributed by atoms with van der Waals surface area (Å²) in [6, 6.07) is 16.0. The highest BCUT2D eigenvalue weighted by Gasteiger charge is 2.17. The van der Waals surface area contributed by atoms with Gasteiger partial charge in [0, 0.05) is 20.7 Å². The third-order valence-electron chi connectivity index (χ3n) is 3.47. The Hall–Kier alpha value is -2.38. The fourth-order valence-corrected chi connectivity index (χ4v) is 2.80. The molecule has 0 bridgehead atoms. The first-order valence-corrected chi connectivity index (χ1v) is 9.22. The topological polar surface area (TPSA) is 74.8 Å². The molecule has 0 spiro atoms. The number of hydrogen-bond acceptors (Lipinski definition) is 4. The zero-order valence-corrected chi connectivity index (χ0v) is 16.8. The smallest absolute Gasteiger partial charge is 0.350 e. The molecule has 26 heavy (non-hydrogen) atoms. The van der Waals surface area contributed by atoms with Gasteiger partial charge in [-0.15, -0.1) is 0 Å². The van der Waals surface area contributed by atoms with Crippen LogP contribution >= 0.6 is 31.9 Å². The molecule has 0 aliphatic carbocycles. The maximum Gasteiger partial charge on any atom is 0.350 e. The van der Waals surface area contributed by atoms with E-state index in [2.05, 4.69) is 42.2 Å². The molecule has 0 radical (unpaired) electrons. The third-order valence-corrected chi connectivity index (χ3v) is 4.52. The summed E-state index contributed by atoms with van der Waals surface area (Å²) in [7, 11) is 0. The molecule has 0 fully saturated rings. The minimum absolute atomic E-state index is 0.0264. The number of aryl methyl sites for hydroxylation is 1. The monoisotopic (exact) mass is 476 g/mol. The van der Waals surface area contributed by atoms with Gasteiger partial charge in [0.15, 0.2) is 0 Å². The van der Waals surface area contributed by atoms with Gasteiger partial charge in [-0.25, -0.2) is 9.79 Å². The highest BCUT2D eigenvalue weighted by atomic mass is 79.9. The quantitative estimate of drug-likeness (QED) is 0.392. The van der Waals surface area contributed by atoms with Gasteiger partial charge in [-0.1, -0.05) is 31.9 Å². The molecular weight excluding hydrogens is 464 g/mol. The van der Waals surface area contributed by atoms with E-state index in [-0.39, 0.29) is 17.1 Å². The van der Waals surface area contributed by atoms with Crippen LogP contribution in [0, 0.1) is 6.92 Å². The van der Waals surface area contributed by atoms with E-state index in [0.29, 0.717) is 17.1 Å². The first-order chi connectivity index (χ1) is 12.4. The normalized spacial score (nSPS) is 11.4. The van der Waals surface area contributed by atoms with Crippen LogP contribution in [-0.2, 0) is 0 Å². The van der Waals surface area contributed by atoms with Crippen molar-refractivity contribution in [3.8, 4) is 5.75 Å². The Labute approximate surface area is 166 Å². The zero-order chi connectivity index (χ0) is 18.7. The van der Waals surface area contributed by atoms with Crippen molar-refractivity contribution < 1.29 is 9.52 Å². The van der Waals surface area contributed by atoms with E-state index in [1.807, 2.05) is 36.4 Å². The summed E-state index contributed by atoms with van der Waals surface area (Å²) >= 11 is 6.76. The number of aromatic hydroxyl groups is 1. The van der Waals surface area contributed by atoms with Gasteiger partial charge in [0.2, 0.25) is 0 Å². The molecule has 0 saturated carbocycles. The molecule has 3 aromatic rings. The van der Waals surface area contributed by atoms with Gasteiger partial charge < -0.3 is 14.8 Å². The van der Waals surface area contributed by atoms with E-state index >= 15 is 0 Å². The summed E-state index contributed by atoms with van der Waals surface area (Å²) in [6.07, 6.45) is 0. The van der Waals surface area contributed by atoms with Gasteiger partial charge in [0.25, 0.3) is 0 Å². The lowest BCUT2D eigenvalue weighted by Crippen LogP contribution is -2.22. The first kappa shape index (κ1) is 18.4. The van der Waals surface area contributed by atoms with Crippen molar-refractivity contribution in [2.24, 2.45) is 4.99 Å². The highest BCUT2D eigenvalue weighted by Crippen LogP contribution is 2.23. The number of anilines is 1. The van der Waals surface area contributed by atoms with E-state index < -0.39 is 5.63 Å². The molecule has 1 heterocycles. The van der Waals surface area contributed by atoms with Gasteiger partial charge in [-0.05, 0) is 55.5 Å². The van der Waals surface area contributed by atoms with Crippen LogP contribution in [0.1, 0.15) is 11.3 Å².